The zero-order valence-corrected chi connectivity index (χ0v) is 16.3. The number of amides is 2. The van der Waals surface area contributed by atoms with Gasteiger partial charge in [0, 0.05) is 32.6 Å². The van der Waals surface area contributed by atoms with Gasteiger partial charge in [0.15, 0.2) is 11.5 Å². The van der Waals surface area contributed by atoms with Gasteiger partial charge in [-0.05, 0) is 51.3 Å². The summed E-state index contributed by atoms with van der Waals surface area (Å²) < 4.78 is 16.1. The second-order valence-corrected chi connectivity index (χ2v) is 7.89. The summed E-state index contributed by atoms with van der Waals surface area (Å²) in [5, 5.41) is 0. The van der Waals surface area contributed by atoms with Gasteiger partial charge in [0.25, 0.3) is 0 Å². The molecular weight excluding hydrogens is 348 g/mol. The summed E-state index contributed by atoms with van der Waals surface area (Å²) in [4.78, 5) is 28.4. The third-order valence-corrected chi connectivity index (χ3v) is 4.56. The number of hydrogen-bond donors (Lipinski definition) is 0. The van der Waals surface area contributed by atoms with Crippen LogP contribution in [0.3, 0.4) is 0 Å². The van der Waals surface area contributed by atoms with Gasteiger partial charge in [-0.1, -0.05) is 6.07 Å². The largest absolute Gasteiger partial charge is 0.454 e. The van der Waals surface area contributed by atoms with E-state index in [1.54, 1.807) is 4.90 Å². The highest BCUT2D eigenvalue weighted by molar-refractivity contribution is 5.76. The molecule has 0 aromatic heterocycles. The maximum Gasteiger partial charge on any atom is 0.410 e. The molecule has 2 amide bonds. The molecule has 2 aliphatic rings. The van der Waals surface area contributed by atoms with Crippen molar-refractivity contribution in [2.24, 2.45) is 0 Å². The highest BCUT2D eigenvalue weighted by atomic mass is 16.7. The van der Waals surface area contributed by atoms with Crippen LogP contribution < -0.4 is 9.47 Å². The lowest BCUT2D eigenvalue weighted by Gasteiger charge is -2.26. The van der Waals surface area contributed by atoms with Crippen LogP contribution in [0.15, 0.2) is 18.2 Å². The molecule has 0 aliphatic carbocycles. The van der Waals surface area contributed by atoms with Crippen LogP contribution in [0.1, 0.15) is 39.2 Å². The SMILES string of the molecule is CC(C)(C)OC(=O)N1CCCN(C(=O)CCc2ccc3c(c2)OCO3)CC1. The molecule has 0 atom stereocenters. The fraction of sp³-hybridized carbons (Fsp3) is 0.600. The Balaban J connectivity index is 1.48. The summed E-state index contributed by atoms with van der Waals surface area (Å²) in [5.41, 5.74) is 0.543. The van der Waals surface area contributed by atoms with E-state index in [1.165, 1.54) is 0 Å². The van der Waals surface area contributed by atoms with E-state index < -0.39 is 5.60 Å². The van der Waals surface area contributed by atoms with Gasteiger partial charge in [-0.25, -0.2) is 4.79 Å². The first-order valence-electron chi connectivity index (χ1n) is 9.46. The highest BCUT2D eigenvalue weighted by Crippen LogP contribution is 2.32. The van der Waals surface area contributed by atoms with Crippen molar-refractivity contribution in [1.82, 2.24) is 9.80 Å². The Morgan fingerprint density at radius 3 is 2.52 bits per heavy atom. The van der Waals surface area contributed by atoms with Gasteiger partial charge in [0.05, 0.1) is 0 Å². The topological polar surface area (TPSA) is 68.3 Å². The third kappa shape index (κ3) is 5.28. The average molecular weight is 376 g/mol. The summed E-state index contributed by atoms with van der Waals surface area (Å²) in [5.74, 6) is 1.60. The van der Waals surface area contributed by atoms with E-state index in [0.29, 0.717) is 39.0 Å². The first-order valence-corrected chi connectivity index (χ1v) is 9.46. The van der Waals surface area contributed by atoms with Crippen molar-refractivity contribution < 1.29 is 23.8 Å². The summed E-state index contributed by atoms with van der Waals surface area (Å²) in [6.07, 6.45) is 1.54. The first-order chi connectivity index (χ1) is 12.8. The summed E-state index contributed by atoms with van der Waals surface area (Å²) in [7, 11) is 0. The summed E-state index contributed by atoms with van der Waals surface area (Å²) in [6.45, 7) is 8.14. The van der Waals surface area contributed by atoms with Gasteiger partial charge >= 0.3 is 6.09 Å². The molecule has 1 saturated heterocycles. The Morgan fingerprint density at radius 1 is 1.04 bits per heavy atom. The Morgan fingerprint density at radius 2 is 1.74 bits per heavy atom. The smallest absolute Gasteiger partial charge is 0.410 e. The third-order valence-electron chi connectivity index (χ3n) is 4.56. The van der Waals surface area contributed by atoms with E-state index in [4.69, 9.17) is 14.2 Å². The Labute approximate surface area is 160 Å². The van der Waals surface area contributed by atoms with Crippen molar-refractivity contribution in [3.8, 4) is 11.5 Å². The maximum absolute atomic E-state index is 12.6. The Kier molecular flexibility index (Phi) is 5.77. The quantitative estimate of drug-likeness (QED) is 0.811. The van der Waals surface area contributed by atoms with Crippen LogP contribution in [0.2, 0.25) is 0 Å². The van der Waals surface area contributed by atoms with Gasteiger partial charge in [-0.15, -0.1) is 0 Å². The predicted octanol–water partition coefficient (Wildman–Crippen LogP) is 2.82. The molecule has 0 N–H and O–H groups in total. The van der Waals surface area contributed by atoms with E-state index in [9.17, 15) is 9.59 Å². The lowest BCUT2D eigenvalue weighted by atomic mass is 10.1. The fourth-order valence-electron chi connectivity index (χ4n) is 3.18. The van der Waals surface area contributed by atoms with Gasteiger partial charge in [-0.2, -0.15) is 0 Å². The van der Waals surface area contributed by atoms with Gasteiger partial charge in [-0.3, -0.25) is 4.79 Å². The predicted molar refractivity (Wildman–Crippen MR) is 99.9 cm³/mol. The van der Waals surface area contributed by atoms with E-state index in [0.717, 1.165) is 23.5 Å². The minimum Gasteiger partial charge on any atom is -0.454 e. The van der Waals surface area contributed by atoms with Crippen molar-refractivity contribution in [2.45, 2.75) is 45.6 Å². The van der Waals surface area contributed by atoms with Gasteiger partial charge in [0.1, 0.15) is 5.60 Å². The molecule has 1 aromatic carbocycles. The molecule has 0 saturated carbocycles. The maximum atomic E-state index is 12.6. The molecule has 0 bridgehead atoms. The molecule has 7 nitrogen and oxygen atoms in total. The lowest BCUT2D eigenvalue weighted by Crippen LogP contribution is -2.40. The van der Waals surface area contributed by atoms with E-state index in [-0.39, 0.29) is 18.8 Å². The zero-order valence-electron chi connectivity index (χ0n) is 16.3. The monoisotopic (exact) mass is 376 g/mol. The number of hydrogen-bond acceptors (Lipinski definition) is 5. The molecule has 2 heterocycles. The van der Waals surface area contributed by atoms with Crippen LogP contribution in [0.25, 0.3) is 0 Å². The first kappa shape index (κ1) is 19.3. The van der Waals surface area contributed by atoms with Crippen LogP contribution in [0, 0.1) is 0 Å². The summed E-state index contributed by atoms with van der Waals surface area (Å²) in [6, 6.07) is 5.78. The second kappa shape index (κ2) is 8.06. The molecule has 7 heteroatoms. The van der Waals surface area contributed by atoms with Crippen LogP contribution in [-0.4, -0.2) is 60.4 Å². The average Bonchev–Trinajstić information content (AvgIpc) is 2.92. The molecule has 1 fully saturated rings. The number of carbonyl (C=O) groups is 2. The molecule has 2 aliphatic heterocycles. The number of aryl methyl sites for hydroxylation is 1. The van der Waals surface area contributed by atoms with E-state index in [1.807, 2.05) is 43.9 Å². The molecule has 27 heavy (non-hydrogen) atoms. The number of benzene rings is 1. The lowest BCUT2D eigenvalue weighted by molar-refractivity contribution is -0.131. The van der Waals surface area contributed by atoms with Crippen molar-refractivity contribution in [3.05, 3.63) is 23.8 Å². The highest BCUT2D eigenvalue weighted by Gasteiger charge is 2.26. The molecule has 1 aromatic rings. The molecule has 3 rings (SSSR count). The molecular formula is C20H28N2O5. The number of ether oxygens (including phenoxy) is 3. The van der Waals surface area contributed by atoms with Crippen molar-refractivity contribution in [1.29, 1.82) is 0 Å². The zero-order chi connectivity index (χ0) is 19.4. The van der Waals surface area contributed by atoms with Crippen molar-refractivity contribution >= 4 is 12.0 Å². The molecule has 0 unspecified atom stereocenters. The van der Waals surface area contributed by atoms with E-state index >= 15 is 0 Å². The number of carbonyl (C=O) groups excluding carboxylic acids is 2. The minimum atomic E-state index is -0.510. The van der Waals surface area contributed by atoms with Crippen LogP contribution in [-0.2, 0) is 16.0 Å². The minimum absolute atomic E-state index is 0.110. The molecule has 0 radical (unpaired) electrons. The number of fused-ring (bicyclic) bond motifs is 1. The fourth-order valence-corrected chi connectivity index (χ4v) is 3.18. The van der Waals surface area contributed by atoms with Crippen LogP contribution in [0.4, 0.5) is 4.79 Å². The number of rotatable bonds is 3. The Hall–Kier alpha value is -2.44. The van der Waals surface area contributed by atoms with Crippen LogP contribution in [0.5, 0.6) is 11.5 Å². The summed E-state index contributed by atoms with van der Waals surface area (Å²) >= 11 is 0. The standard InChI is InChI=1S/C20H28N2O5/c1-20(2,3)27-19(24)22-10-4-9-21(11-12-22)18(23)8-6-15-5-7-16-17(13-15)26-14-25-16/h5,7,13H,4,6,8-12,14H2,1-3H3. The van der Waals surface area contributed by atoms with Gasteiger partial charge < -0.3 is 24.0 Å². The number of nitrogens with zero attached hydrogens (tertiary/aromatic N) is 2. The van der Waals surface area contributed by atoms with Crippen molar-refractivity contribution in [2.75, 3.05) is 33.0 Å². The Bertz CT molecular complexity index is 698. The second-order valence-electron chi connectivity index (χ2n) is 7.89. The van der Waals surface area contributed by atoms with Crippen LogP contribution >= 0.6 is 0 Å². The van der Waals surface area contributed by atoms with Crippen molar-refractivity contribution in [3.63, 3.8) is 0 Å². The van der Waals surface area contributed by atoms with Gasteiger partial charge in [0.2, 0.25) is 12.7 Å². The van der Waals surface area contributed by atoms with E-state index in [2.05, 4.69) is 0 Å². The molecule has 0 spiro atoms. The molecule has 148 valence electrons. The normalized spacial score (nSPS) is 16.9.